The van der Waals surface area contributed by atoms with Crippen LogP contribution in [0.4, 0.5) is 0 Å². The average molecular weight is 509 g/mol. The lowest BCUT2D eigenvalue weighted by Crippen LogP contribution is -2.52. The molecular formula is C20H40IN5O2. The molecule has 0 amide bonds. The number of aliphatic imine (C=N–C) groups is 1. The molecule has 0 aliphatic carbocycles. The second-order valence-electron chi connectivity index (χ2n) is 8.42. The largest absolute Gasteiger partial charge is 0.381 e. The molecule has 1 atom stereocenters. The van der Waals surface area contributed by atoms with Gasteiger partial charge in [0.15, 0.2) is 5.96 Å². The fourth-order valence-corrected chi connectivity index (χ4v) is 4.47. The lowest BCUT2D eigenvalue weighted by Gasteiger charge is -2.42. The Labute approximate surface area is 188 Å². The van der Waals surface area contributed by atoms with E-state index in [2.05, 4.69) is 41.0 Å². The van der Waals surface area contributed by atoms with E-state index in [0.717, 1.165) is 90.4 Å². The molecule has 0 aromatic carbocycles. The fraction of sp³-hybridized carbons (Fsp3) is 0.950. The van der Waals surface area contributed by atoms with Crippen molar-refractivity contribution in [3.05, 3.63) is 0 Å². The predicted octanol–water partition coefficient (Wildman–Crippen LogP) is 1.33. The van der Waals surface area contributed by atoms with E-state index < -0.39 is 0 Å². The lowest BCUT2D eigenvalue weighted by molar-refractivity contribution is -0.00263. The summed E-state index contributed by atoms with van der Waals surface area (Å²) in [5.74, 6) is 1.83. The number of nitrogens with one attached hydrogen (secondary N) is 1. The predicted molar refractivity (Wildman–Crippen MR) is 125 cm³/mol. The molecule has 3 heterocycles. The highest BCUT2D eigenvalue weighted by atomic mass is 127. The summed E-state index contributed by atoms with van der Waals surface area (Å²) in [6, 6.07) is 0. The number of hydrogen-bond acceptors (Lipinski definition) is 5. The second kappa shape index (κ2) is 11.9. The first-order chi connectivity index (χ1) is 13.1. The van der Waals surface area contributed by atoms with Crippen molar-refractivity contribution < 1.29 is 9.47 Å². The van der Waals surface area contributed by atoms with Crippen molar-refractivity contribution in [1.82, 2.24) is 20.0 Å². The summed E-state index contributed by atoms with van der Waals surface area (Å²) in [6.45, 7) is 13.0. The third kappa shape index (κ3) is 6.42. The highest BCUT2D eigenvalue weighted by Crippen LogP contribution is 2.26. The van der Waals surface area contributed by atoms with Crippen molar-refractivity contribution in [2.75, 3.05) is 86.3 Å². The van der Waals surface area contributed by atoms with E-state index in [1.165, 1.54) is 13.0 Å². The molecule has 1 unspecified atom stereocenters. The van der Waals surface area contributed by atoms with Crippen LogP contribution >= 0.6 is 24.0 Å². The number of guanidine groups is 1. The summed E-state index contributed by atoms with van der Waals surface area (Å²) in [5.41, 5.74) is 0.131. The van der Waals surface area contributed by atoms with Crippen LogP contribution in [-0.2, 0) is 9.47 Å². The van der Waals surface area contributed by atoms with Gasteiger partial charge in [-0.2, -0.15) is 0 Å². The van der Waals surface area contributed by atoms with Gasteiger partial charge in [0.2, 0.25) is 0 Å². The van der Waals surface area contributed by atoms with E-state index in [1.54, 1.807) is 0 Å². The van der Waals surface area contributed by atoms with Crippen molar-refractivity contribution in [3.63, 3.8) is 0 Å². The molecule has 28 heavy (non-hydrogen) atoms. The number of halogens is 1. The van der Waals surface area contributed by atoms with Crippen LogP contribution in [0, 0.1) is 5.92 Å². The molecule has 3 saturated heterocycles. The molecule has 3 rings (SSSR count). The molecular weight excluding hydrogens is 469 g/mol. The molecule has 0 aromatic rings. The van der Waals surface area contributed by atoms with E-state index >= 15 is 0 Å². The third-order valence-corrected chi connectivity index (χ3v) is 6.44. The summed E-state index contributed by atoms with van der Waals surface area (Å²) in [6.07, 6.45) is 3.37. The minimum atomic E-state index is 0. The van der Waals surface area contributed by atoms with Crippen LogP contribution in [0.1, 0.15) is 26.2 Å². The Morgan fingerprint density at radius 1 is 1.11 bits per heavy atom. The number of likely N-dealkylation sites (tertiary alicyclic amines) is 1. The quantitative estimate of drug-likeness (QED) is 0.332. The number of likely N-dealkylation sites (N-methyl/N-ethyl adjacent to an activating group) is 1. The smallest absolute Gasteiger partial charge is 0.193 e. The highest BCUT2D eigenvalue weighted by molar-refractivity contribution is 14.0. The van der Waals surface area contributed by atoms with Gasteiger partial charge in [0.05, 0.1) is 19.8 Å². The maximum Gasteiger partial charge on any atom is 0.193 e. The molecule has 7 nitrogen and oxygen atoms in total. The zero-order chi connectivity index (χ0) is 19.1. The van der Waals surface area contributed by atoms with Crippen LogP contribution in [-0.4, -0.2) is 113 Å². The maximum atomic E-state index is 5.60. The van der Waals surface area contributed by atoms with E-state index in [4.69, 9.17) is 14.5 Å². The zero-order valence-electron chi connectivity index (χ0n) is 18.0. The van der Waals surface area contributed by atoms with Crippen LogP contribution < -0.4 is 5.32 Å². The zero-order valence-corrected chi connectivity index (χ0v) is 20.3. The molecule has 0 spiro atoms. The van der Waals surface area contributed by atoms with Gasteiger partial charge >= 0.3 is 0 Å². The number of ether oxygens (including phenoxy) is 2. The Morgan fingerprint density at radius 2 is 1.79 bits per heavy atom. The topological polar surface area (TPSA) is 52.6 Å². The van der Waals surface area contributed by atoms with E-state index in [-0.39, 0.29) is 29.5 Å². The van der Waals surface area contributed by atoms with E-state index in [9.17, 15) is 0 Å². The highest BCUT2D eigenvalue weighted by Gasteiger charge is 2.35. The summed E-state index contributed by atoms with van der Waals surface area (Å²) < 4.78 is 11.1. The average Bonchev–Trinajstić information content (AvgIpc) is 3.15. The number of nitrogens with zero attached hydrogens (tertiary/aromatic N) is 4. The SMILES string of the molecule is CCNC(=NCC1(N(C)C)CCOCC1)N1CCC(CN2CCOCC2)C1.I. The summed E-state index contributed by atoms with van der Waals surface area (Å²) in [4.78, 5) is 12.5. The van der Waals surface area contributed by atoms with Crippen LogP contribution in [0.15, 0.2) is 4.99 Å². The van der Waals surface area contributed by atoms with Crippen molar-refractivity contribution >= 4 is 29.9 Å². The molecule has 3 aliphatic heterocycles. The first kappa shape index (κ1) is 24.1. The molecule has 0 saturated carbocycles. The lowest BCUT2D eigenvalue weighted by atomic mass is 9.89. The Balaban J connectivity index is 0.00000280. The third-order valence-electron chi connectivity index (χ3n) is 6.44. The normalized spacial score (nSPS) is 26.4. The van der Waals surface area contributed by atoms with Gasteiger partial charge in [-0.3, -0.25) is 9.89 Å². The monoisotopic (exact) mass is 509 g/mol. The molecule has 3 aliphatic rings. The van der Waals surface area contributed by atoms with Gasteiger partial charge in [0.25, 0.3) is 0 Å². The summed E-state index contributed by atoms with van der Waals surface area (Å²) in [5, 5.41) is 3.54. The molecule has 0 bridgehead atoms. The van der Waals surface area contributed by atoms with Crippen molar-refractivity contribution in [3.8, 4) is 0 Å². The minimum Gasteiger partial charge on any atom is -0.381 e. The first-order valence-electron chi connectivity index (χ1n) is 10.7. The molecule has 8 heteroatoms. The Kier molecular flexibility index (Phi) is 10.2. The van der Waals surface area contributed by atoms with Crippen molar-refractivity contribution in [2.45, 2.75) is 31.7 Å². The fourth-order valence-electron chi connectivity index (χ4n) is 4.47. The Hall–Kier alpha value is -0.160. The van der Waals surface area contributed by atoms with Gasteiger partial charge in [0, 0.05) is 58.0 Å². The Bertz CT molecular complexity index is 479. The number of rotatable bonds is 6. The minimum absolute atomic E-state index is 0. The van der Waals surface area contributed by atoms with Gasteiger partial charge in [-0.05, 0) is 46.2 Å². The second-order valence-corrected chi connectivity index (χ2v) is 8.42. The first-order valence-corrected chi connectivity index (χ1v) is 10.7. The van der Waals surface area contributed by atoms with Crippen molar-refractivity contribution in [2.24, 2.45) is 10.9 Å². The van der Waals surface area contributed by atoms with Gasteiger partial charge in [-0.25, -0.2) is 0 Å². The van der Waals surface area contributed by atoms with Crippen LogP contribution in [0.3, 0.4) is 0 Å². The van der Waals surface area contributed by atoms with Gasteiger partial charge < -0.3 is 24.6 Å². The van der Waals surface area contributed by atoms with Gasteiger partial charge in [-0.15, -0.1) is 24.0 Å². The summed E-state index contributed by atoms with van der Waals surface area (Å²) >= 11 is 0. The molecule has 0 aromatic heterocycles. The van der Waals surface area contributed by atoms with Crippen molar-refractivity contribution in [1.29, 1.82) is 0 Å². The van der Waals surface area contributed by atoms with E-state index in [1.807, 2.05) is 0 Å². The van der Waals surface area contributed by atoms with Gasteiger partial charge in [0.1, 0.15) is 0 Å². The molecule has 1 N–H and O–H groups in total. The summed E-state index contributed by atoms with van der Waals surface area (Å²) in [7, 11) is 4.37. The van der Waals surface area contributed by atoms with Crippen LogP contribution in [0.2, 0.25) is 0 Å². The number of hydrogen-bond donors (Lipinski definition) is 1. The molecule has 3 fully saturated rings. The molecule has 0 radical (unpaired) electrons. The van der Waals surface area contributed by atoms with Gasteiger partial charge in [-0.1, -0.05) is 0 Å². The van der Waals surface area contributed by atoms with Crippen LogP contribution in [0.25, 0.3) is 0 Å². The van der Waals surface area contributed by atoms with E-state index in [0.29, 0.717) is 0 Å². The van der Waals surface area contributed by atoms with Crippen LogP contribution in [0.5, 0.6) is 0 Å². The number of morpholine rings is 1. The maximum absolute atomic E-state index is 5.60. The molecule has 164 valence electrons. The Morgan fingerprint density at radius 3 is 2.43 bits per heavy atom. The standard InChI is InChI=1S/C20H39N5O2.HI/c1-4-21-19(22-17-20(23(2)3)6-11-26-12-7-20)25-8-5-18(16-25)15-24-9-13-27-14-10-24;/h18H,4-17H2,1-3H3,(H,21,22);1H.